The quantitative estimate of drug-likeness (QED) is 0.354. The van der Waals surface area contributed by atoms with Gasteiger partial charge in [-0.15, -0.1) is 0 Å². The van der Waals surface area contributed by atoms with Crippen LogP contribution in [-0.4, -0.2) is 27.2 Å². The molecule has 52 valence electrons. The van der Waals surface area contributed by atoms with E-state index in [9.17, 15) is 13.2 Å². The molecule has 0 N–H and O–H groups in total. The molecule has 0 rings (SSSR count). The standard InChI is InChI=1S/CF3I.2CH4.Mg.2H/c2-1(3,4)5;;;;;/h;2*1H4;;;/q;;;+2;2*-1. The van der Waals surface area contributed by atoms with Crippen molar-refractivity contribution >= 4 is 45.6 Å². The van der Waals surface area contributed by atoms with Crippen LogP contribution in [0, 0.1) is 0 Å². The second kappa shape index (κ2) is 8.29. The van der Waals surface area contributed by atoms with Crippen LogP contribution < -0.4 is 0 Å². The molecule has 0 heterocycles. The van der Waals surface area contributed by atoms with E-state index in [2.05, 4.69) is 0 Å². The average Bonchev–Trinajstić information content (AvgIpc) is 0.722. The van der Waals surface area contributed by atoms with Gasteiger partial charge in [-0.2, -0.15) is 13.2 Å². The molecule has 0 fully saturated rings. The first kappa shape index (κ1) is 22.8. The maximum Gasteiger partial charge on any atom is 2.00 e. The van der Waals surface area contributed by atoms with Crippen LogP contribution in [0.4, 0.5) is 13.2 Å². The van der Waals surface area contributed by atoms with Crippen molar-refractivity contribution in [3.63, 3.8) is 0 Å². The third kappa shape index (κ3) is 174. The second-order valence-electron chi connectivity index (χ2n) is 0.429. The predicted octanol–water partition coefficient (Wildman–Crippen LogP) is 3.06. The van der Waals surface area contributed by atoms with Gasteiger partial charge in [0.1, 0.15) is 0 Å². The minimum atomic E-state index is -4.03. The van der Waals surface area contributed by atoms with Gasteiger partial charge in [0.15, 0.2) is 0 Å². The predicted molar refractivity (Wildman–Crippen MR) is 41.5 cm³/mol. The molecule has 0 radical (unpaired) electrons. The molecule has 0 aromatic carbocycles. The molecule has 0 aliphatic rings. The van der Waals surface area contributed by atoms with Gasteiger partial charge in [-0.3, -0.25) is 0 Å². The van der Waals surface area contributed by atoms with E-state index in [0.29, 0.717) is 22.6 Å². The number of halogens is 4. The zero-order valence-electron chi connectivity index (χ0n) is 4.72. The Morgan fingerprint density at radius 1 is 1.12 bits per heavy atom. The summed E-state index contributed by atoms with van der Waals surface area (Å²) < 4.78 is 27.0. The van der Waals surface area contributed by atoms with Crippen LogP contribution in [-0.2, 0) is 0 Å². The normalized spacial score (nSPS) is 7.50. The monoisotopic (exact) mass is 254 g/mol. The first-order valence-electron chi connectivity index (χ1n) is 0.756. The molecule has 0 amide bonds. The minimum Gasteiger partial charge on any atom is -1.00 e. The fourth-order valence-corrected chi connectivity index (χ4v) is 0. The number of alkyl halides is 4. The molecule has 0 bridgehead atoms. The van der Waals surface area contributed by atoms with Crippen molar-refractivity contribution in [2.75, 3.05) is 0 Å². The molecule has 0 saturated heterocycles. The molecule has 0 aliphatic carbocycles. The molecular formula is C3H10F3IMg. The molecule has 0 unspecified atom stereocenters. The first-order valence-corrected chi connectivity index (χ1v) is 1.83. The van der Waals surface area contributed by atoms with Crippen molar-refractivity contribution < 1.29 is 16.0 Å². The summed E-state index contributed by atoms with van der Waals surface area (Å²) in [6.07, 6.45) is 0. The molecule has 0 saturated carbocycles. The van der Waals surface area contributed by atoms with E-state index < -0.39 is 4.18 Å². The fraction of sp³-hybridized carbons (Fsp3) is 1.00. The summed E-state index contributed by atoms with van der Waals surface area (Å²) >= 11 is 0.378. The summed E-state index contributed by atoms with van der Waals surface area (Å²) in [5.41, 5.74) is 0. The Balaban J connectivity index is -0.00000000800. The van der Waals surface area contributed by atoms with Gasteiger partial charge in [-0.25, -0.2) is 0 Å². The largest absolute Gasteiger partial charge is 2.00 e. The van der Waals surface area contributed by atoms with E-state index in [1.165, 1.54) is 0 Å². The molecule has 0 aromatic heterocycles. The third-order valence-corrected chi connectivity index (χ3v) is 0. The maximum atomic E-state index is 10.3. The van der Waals surface area contributed by atoms with Gasteiger partial charge in [0, 0.05) is 22.6 Å². The van der Waals surface area contributed by atoms with Crippen molar-refractivity contribution in [1.82, 2.24) is 0 Å². The van der Waals surface area contributed by atoms with Crippen LogP contribution in [0.2, 0.25) is 0 Å². The van der Waals surface area contributed by atoms with Crippen LogP contribution >= 0.6 is 22.6 Å². The summed E-state index contributed by atoms with van der Waals surface area (Å²) in [6.45, 7) is 0. The minimum absolute atomic E-state index is 0. The Labute approximate surface area is 80.5 Å². The average molecular weight is 254 g/mol. The molecule has 0 aromatic rings. The summed E-state index contributed by atoms with van der Waals surface area (Å²) in [5, 5.41) is 0. The van der Waals surface area contributed by atoms with Gasteiger partial charge in [0.05, 0.1) is 0 Å². The van der Waals surface area contributed by atoms with E-state index in [4.69, 9.17) is 0 Å². The van der Waals surface area contributed by atoms with Crippen molar-refractivity contribution in [3.05, 3.63) is 0 Å². The number of rotatable bonds is 0. The Morgan fingerprint density at radius 2 is 1.12 bits per heavy atom. The van der Waals surface area contributed by atoms with Gasteiger partial charge in [-0.1, -0.05) is 14.9 Å². The molecule has 0 aliphatic heterocycles. The summed E-state index contributed by atoms with van der Waals surface area (Å²) in [6, 6.07) is 0. The molecule has 0 spiro atoms. The van der Waals surface area contributed by atoms with Gasteiger partial charge >= 0.3 is 27.2 Å². The van der Waals surface area contributed by atoms with Crippen molar-refractivity contribution in [1.29, 1.82) is 0 Å². The van der Waals surface area contributed by atoms with E-state index in [1.807, 2.05) is 0 Å². The summed E-state index contributed by atoms with van der Waals surface area (Å²) in [7, 11) is 0. The Morgan fingerprint density at radius 3 is 1.12 bits per heavy atom. The van der Waals surface area contributed by atoms with Crippen LogP contribution in [0.1, 0.15) is 17.7 Å². The SMILES string of the molecule is C.C.FC(F)(F)I.[H-].[H-].[Mg+2]. The smallest absolute Gasteiger partial charge is 1.00 e. The first-order chi connectivity index (χ1) is 2.00. The number of hydrogen-bond donors (Lipinski definition) is 0. The van der Waals surface area contributed by atoms with Gasteiger partial charge in [0.2, 0.25) is 0 Å². The van der Waals surface area contributed by atoms with Crippen LogP contribution in [0.25, 0.3) is 0 Å². The molecule has 0 atom stereocenters. The van der Waals surface area contributed by atoms with Crippen molar-refractivity contribution in [3.8, 4) is 0 Å². The molecule has 0 nitrogen and oxygen atoms in total. The maximum absolute atomic E-state index is 10.3. The van der Waals surface area contributed by atoms with E-state index >= 15 is 0 Å². The second-order valence-corrected chi connectivity index (χ2v) is 1.65. The Hall–Kier alpha value is 1.29. The summed E-state index contributed by atoms with van der Waals surface area (Å²) in [4.78, 5) is 0. The van der Waals surface area contributed by atoms with E-state index in [-0.39, 0.29) is 40.8 Å². The molecular weight excluding hydrogens is 244 g/mol. The zero-order valence-corrected chi connectivity index (χ0v) is 6.29. The summed E-state index contributed by atoms with van der Waals surface area (Å²) in [5.74, 6) is 0. The van der Waals surface area contributed by atoms with E-state index in [1.54, 1.807) is 0 Å². The zero-order chi connectivity index (χ0) is 4.50. The molecule has 8 heavy (non-hydrogen) atoms. The Bertz CT molecular complexity index is 37.2. The third-order valence-electron chi connectivity index (χ3n) is 0. The van der Waals surface area contributed by atoms with E-state index in [0.717, 1.165) is 0 Å². The van der Waals surface area contributed by atoms with Gasteiger partial charge in [0.25, 0.3) is 0 Å². The fourth-order valence-electron chi connectivity index (χ4n) is 0. The van der Waals surface area contributed by atoms with Crippen LogP contribution in [0.5, 0.6) is 0 Å². The van der Waals surface area contributed by atoms with Gasteiger partial charge in [-0.05, 0) is 0 Å². The van der Waals surface area contributed by atoms with Crippen LogP contribution in [0.15, 0.2) is 0 Å². The number of hydrogen-bond acceptors (Lipinski definition) is 0. The van der Waals surface area contributed by atoms with Gasteiger partial charge < -0.3 is 2.85 Å². The Kier molecular flexibility index (Phi) is 23.6. The molecule has 5 heteroatoms. The topological polar surface area (TPSA) is 0 Å². The van der Waals surface area contributed by atoms with Crippen LogP contribution in [0.3, 0.4) is 0 Å². The van der Waals surface area contributed by atoms with Crippen molar-refractivity contribution in [2.45, 2.75) is 19.0 Å². The van der Waals surface area contributed by atoms with Crippen molar-refractivity contribution in [2.24, 2.45) is 0 Å².